The van der Waals surface area contributed by atoms with Crippen LogP contribution in [0.2, 0.25) is 0 Å². The molecule has 0 heterocycles. The zero-order chi connectivity index (χ0) is 13.8. The number of hydrogen-bond donors (Lipinski definition) is 0. The van der Waals surface area contributed by atoms with Crippen LogP contribution in [0.1, 0.15) is 39.5 Å². The number of hydrogen-bond acceptors (Lipinski definition) is 2. The third-order valence-corrected chi connectivity index (χ3v) is 3.44. The van der Waals surface area contributed by atoms with E-state index in [-0.39, 0.29) is 5.92 Å². The van der Waals surface area contributed by atoms with Crippen LogP contribution in [-0.4, -0.2) is 19.6 Å². The molecule has 0 amide bonds. The fraction of sp³-hybridized carbons (Fsp3) is 0.643. The van der Waals surface area contributed by atoms with Gasteiger partial charge in [-0.25, -0.2) is 0 Å². The summed E-state index contributed by atoms with van der Waals surface area (Å²) in [5.74, 6) is 0.267. The zero-order valence-electron chi connectivity index (χ0n) is 11.5. The molecule has 0 saturated heterocycles. The average Bonchev–Trinajstić information content (AvgIpc) is 2.40. The highest BCUT2D eigenvalue weighted by atomic mass is 35.5. The normalized spacial score (nSPS) is 16.7. The minimum atomic E-state index is 0.267. The fourth-order valence-electron chi connectivity index (χ4n) is 1.81. The van der Waals surface area contributed by atoms with Crippen LogP contribution in [-0.2, 0) is 9.32 Å². The molecule has 1 aliphatic rings. The lowest BCUT2D eigenvalue weighted by atomic mass is 9.89. The zero-order valence-corrected chi connectivity index (χ0v) is 13.3. The van der Waals surface area contributed by atoms with Crippen molar-refractivity contribution in [3.05, 3.63) is 22.8 Å². The Balaban J connectivity index is 0.00000137. The van der Waals surface area contributed by atoms with Crippen LogP contribution in [0.25, 0.3) is 0 Å². The van der Waals surface area contributed by atoms with E-state index < -0.39 is 0 Å². The maximum atomic E-state index is 10.7. The van der Waals surface area contributed by atoms with Crippen molar-refractivity contribution in [3.8, 4) is 0 Å². The van der Waals surface area contributed by atoms with Gasteiger partial charge in [-0.3, -0.25) is 0 Å². The van der Waals surface area contributed by atoms with E-state index in [0.29, 0.717) is 15.2 Å². The standard InChI is InChI=1S/C12H18ClO2P.C2H6/c1-16-15-8-6-10(5-7-14)11-3-2-4-12(13)9-11;1-2/h3,7,9-10,16H,2,4-6,8H2,1H3;1-2H3/t10-;/m1./s1. The number of halogens is 1. The van der Waals surface area contributed by atoms with Crippen molar-refractivity contribution >= 4 is 26.7 Å². The molecule has 0 spiro atoms. The van der Waals surface area contributed by atoms with Crippen LogP contribution >= 0.6 is 20.4 Å². The van der Waals surface area contributed by atoms with Crippen molar-refractivity contribution in [2.45, 2.75) is 39.5 Å². The predicted molar refractivity (Wildman–Crippen MR) is 81.6 cm³/mol. The largest absolute Gasteiger partial charge is 0.363 e. The summed E-state index contributed by atoms with van der Waals surface area (Å²) in [6, 6.07) is 0. The summed E-state index contributed by atoms with van der Waals surface area (Å²) in [6.45, 7) is 6.72. The molecule has 0 aromatic carbocycles. The second kappa shape index (κ2) is 11.9. The van der Waals surface area contributed by atoms with E-state index >= 15 is 0 Å². The van der Waals surface area contributed by atoms with Gasteiger partial charge in [0.2, 0.25) is 0 Å². The molecule has 104 valence electrons. The van der Waals surface area contributed by atoms with Crippen molar-refractivity contribution in [1.82, 2.24) is 0 Å². The van der Waals surface area contributed by atoms with Gasteiger partial charge in [0, 0.05) is 20.3 Å². The van der Waals surface area contributed by atoms with Crippen LogP contribution < -0.4 is 0 Å². The average molecular weight is 291 g/mol. The molecule has 0 fully saturated rings. The smallest absolute Gasteiger partial charge is 0.120 e. The molecule has 1 aliphatic carbocycles. The minimum Gasteiger partial charge on any atom is -0.363 e. The Morgan fingerprint density at radius 1 is 1.56 bits per heavy atom. The topological polar surface area (TPSA) is 26.3 Å². The van der Waals surface area contributed by atoms with E-state index in [0.717, 1.165) is 37.2 Å². The van der Waals surface area contributed by atoms with Gasteiger partial charge >= 0.3 is 0 Å². The number of carbonyl (C=O) groups excluding carboxylic acids is 1. The maximum absolute atomic E-state index is 10.7. The van der Waals surface area contributed by atoms with Crippen molar-refractivity contribution < 1.29 is 9.32 Å². The van der Waals surface area contributed by atoms with Gasteiger partial charge < -0.3 is 9.32 Å². The number of allylic oxidation sites excluding steroid dienone is 4. The summed E-state index contributed by atoms with van der Waals surface area (Å²) >= 11 is 6.02. The predicted octanol–water partition coefficient (Wildman–Crippen LogP) is 4.69. The Morgan fingerprint density at radius 2 is 2.28 bits per heavy atom. The highest BCUT2D eigenvalue weighted by molar-refractivity contribution is 7.31. The molecule has 0 aliphatic heterocycles. The van der Waals surface area contributed by atoms with E-state index in [4.69, 9.17) is 16.1 Å². The Labute approximate surface area is 118 Å². The van der Waals surface area contributed by atoms with Gasteiger partial charge in [0.15, 0.2) is 0 Å². The van der Waals surface area contributed by atoms with E-state index in [9.17, 15) is 4.79 Å². The highest BCUT2D eigenvalue weighted by Crippen LogP contribution is 2.28. The third-order valence-electron chi connectivity index (χ3n) is 2.65. The Kier molecular flexibility index (Phi) is 11.8. The lowest BCUT2D eigenvalue weighted by Gasteiger charge is -2.18. The van der Waals surface area contributed by atoms with Gasteiger partial charge in [-0.2, -0.15) is 0 Å². The van der Waals surface area contributed by atoms with Crippen LogP contribution in [0.5, 0.6) is 0 Å². The molecule has 1 unspecified atom stereocenters. The van der Waals surface area contributed by atoms with Crippen molar-refractivity contribution in [1.29, 1.82) is 0 Å². The maximum Gasteiger partial charge on any atom is 0.120 e. The lowest BCUT2D eigenvalue weighted by Crippen LogP contribution is -2.08. The molecule has 2 nitrogen and oxygen atoms in total. The fourth-order valence-corrected chi connectivity index (χ4v) is 2.37. The first-order valence-electron chi connectivity index (χ1n) is 6.56. The van der Waals surface area contributed by atoms with Crippen LogP contribution in [0.3, 0.4) is 0 Å². The molecule has 2 atom stereocenters. The van der Waals surface area contributed by atoms with Crippen molar-refractivity contribution in [2.75, 3.05) is 13.3 Å². The van der Waals surface area contributed by atoms with Gasteiger partial charge in [-0.05, 0) is 43.5 Å². The molecular weight excluding hydrogens is 267 g/mol. The molecule has 0 N–H and O–H groups in total. The van der Waals surface area contributed by atoms with Crippen molar-refractivity contribution in [3.63, 3.8) is 0 Å². The van der Waals surface area contributed by atoms with Gasteiger partial charge in [0.25, 0.3) is 0 Å². The van der Waals surface area contributed by atoms with E-state index in [1.807, 2.05) is 26.6 Å². The van der Waals surface area contributed by atoms with E-state index in [2.05, 4.69) is 6.08 Å². The Bertz CT molecular complexity index is 288. The molecular formula is C14H24ClO2P. The quantitative estimate of drug-likeness (QED) is 0.386. The van der Waals surface area contributed by atoms with Crippen LogP contribution in [0.4, 0.5) is 0 Å². The van der Waals surface area contributed by atoms with Crippen LogP contribution in [0.15, 0.2) is 22.8 Å². The molecule has 0 aromatic rings. The van der Waals surface area contributed by atoms with Crippen LogP contribution in [0, 0.1) is 5.92 Å². The molecule has 18 heavy (non-hydrogen) atoms. The molecule has 0 bridgehead atoms. The summed E-state index contributed by atoms with van der Waals surface area (Å²) in [7, 11) is 0.514. The molecule has 1 rings (SSSR count). The van der Waals surface area contributed by atoms with E-state index in [1.54, 1.807) is 0 Å². The second-order valence-corrected chi connectivity index (χ2v) is 4.96. The molecule has 4 heteroatoms. The Hall–Kier alpha value is -0.170. The van der Waals surface area contributed by atoms with Gasteiger partial charge in [-0.15, -0.1) is 0 Å². The summed E-state index contributed by atoms with van der Waals surface area (Å²) in [6.07, 6.45) is 8.54. The third kappa shape index (κ3) is 7.31. The monoisotopic (exact) mass is 290 g/mol. The number of carbonyl (C=O) groups is 1. The van der Waals surface area contributed by atoms with E-state index in [1.165, 1.54) is 5.57 Å². The van der Waals surface area contributed by atoms with Gasteiger partial charge in [-0.1, -0.05) is 31.5 Å². The van der Waals surface area contributed by atoms with Gasteiger partial charge in [0.1, 0.15) is 6.29 Å². The lowest BCUT2D eigenvalue weighted by molar-refractivity contribution is -0.108. The molecule has 0 aromatic heterocycles. The number of rotatable bonds is 7. The SMILES string of the molecule is CC.CPOCC[C@@H](CC=O)C1=CCCC(Cl)=C1. The van der Waals surface area contributed by atoms with Gasteiger partial charge in [0.05, 0.1) is 6.61 Å². The summed E-state index contributed by atoms with van der Waals surface area (Å²) in [5, 5.41) is 0.895. The first kappa shape index (κ1) is 17.8. The minimum absolute atomic E-state index is 0.267. The second-order valence-electron chi connectivity index (χ2n) is 3.77. The molecule has 0 saturated carbocycles. The summed E-state index contributed by atoms with van der Waals surface area (Å²) < 4.78 is 5.36. The first-order valence-corrected chi connectivity index (χ1v) is 8.34. The summed E-state index contributed by atoms with van der Waals surface area (Å²) in [4.78, 5) is 10.7. The first-order chi connectivity index (χ1) is 8.77. The Morgan fingerprint density at radius 3 is 2.83 bits per heavy atom. The highest BCUT2D eigenvalue weighted by Gasteiger charge is 2.15. The van der Waals surface area contributed by atoms with Crippen molar-refractivity contribution in [2.24, 2.45) is 5.92 Å². The molecule has 0 radical (unpaired) electrons. The summed E-state index contributed by atoms with van der Waals surface area (Å²) in [5.41, 5.74) is 1.20. The number of aldehydes is 1.